The van der Waals surface area contributed by atoms with Crippen molar-refractivity contribution in [1.29, 1.82) is 0 Å². The number of primary sulfonamides is 1. The van der Waals surface area contributed by atoms with Gasteiger partial charge in [-0.05, 0) is 29.8 Å². The van der Waals surface area contributed by atoms with Gasteiger partial charge in [-0.3, -0.25) is 0 Å². The van der Waals surface area contributed by atoms with E-state index in [0.29, 0.717) is 17.8 Å². The summed E-state index contributed by atoms with van der Waals surface area (Å²) in [7, 11) is -3.87. The molecule has 0 saturated carbocycles. The second-order valence-electron chi connectivity index (χ2n) is 4.25. The first-order valence-electron chi connectivity index (χ1n) is 5.77. The Morgan fingerprint density at radius 1 is 1.15 bits per heavy atom. The minimum atomic E-state index is -3.87. The summed E-state index contributed by atoms with van der Waals surface area (Å²) < 4.78 is 35.7. The van der Waals surface area contributed by atoms with E-state index in [-0.39, 0.29) is 16.4 Å². The molecule has 0 radical (unpaired) electrons. The van der Waals surface area contributed by atoms with Crippen LogP contribution in [0.4, 0.5) is 15.8 Å². The quantitative estimate of drug-likeness (QED) is 0.747. The average molecular weight is 295 g/mol. The van der Waals surface area contributed by atoms with Crippen LogP contribution in [0.3, 0.4) is 0 Å². The van der Waals surface area contributed by atoms with E-state index in [1.54, 1.807) is 18.2 Å². The van der Waals surface area contributed by atoms with Gasteiger partial charge in [-0.25, -0.2) is 17.9 Å². The molecular formula is C13H14FN3O2S. The maximum atomic E-state index is 13.0. The third-order valence-corrected chi connectivity index (χ3v) is 3.71. The number of nitrogens with one attached hydrogen (secondary N) is 1. The van der Waals surface area contributed by atoms with Crippen LogP contribution in [0, 0.1) is 5.82 Å². The van der Waals surface area contributed by atoms with Gasteiger partial charge >= 0.3 is 0 Å². The van der Waals surface area contributed by atoms with Crippen molar-refractivity contribution >= 4 is 21.4 Å². The fraction of sp³-hybridized carbons (Fsp3) is 0.0769. The maximum Gasteiger partial charge on any atom is 0.240 e. The lowest BCUT2D eigenvalue weighted by Gasteiger charge is -2.12. The molecule has 0 aliphatic rings. The van der Waals surface area contributed by atoms with E-state index in [1.807, 2.05) is 0 Å². The number of benzene rings is 2. The first-order chi connectivity index (χ1) is 9.38. The molecular weight excluding hydrogens is 281 g/mol. The summed E-state index contributed by atoms with van der Waals surface area (Å²) in [6, 6.07) is 10.6. The van der Waals surface area contributed by atoms with E-state index in [4.69, 9.17) is 10.9 Å². The number of nitrogen functional groups attached to an aromatic ring is 1. The van der Waals surface area contributed by atoms with Crippen molar-refractivity contribution in [2.45, 2.75) is 11.4 Å². The van der Waals surface area contributed by atoms with Crippen LogP contribution >= 0.6 is 0 Å². The minimum Gasteiger partial charge on any atom is -0.396 e. The molecule has 0 fully saturated rings. The lowest BCUT2D eigenvalue weighted by molar-refractivity contribution is 0.598. The Morgan fingerprint density at radius 2 is 1.85 bits per heavy atom. The molecule has 0 aromatic heterocycles. The van der Waals surface area contributed by atoms with Gasteiger partial charge in [0, 0.05) is 6.54 Å². The zero-order valence-corrected chi connectivity index (χ0v) is 11.3. The van der Waals surface area contributed by atoms with Gasteiger partial charge < -0.3 is 11.1 Å². The highest BCUT2D eigenvalue weighted by atomic mass is 32.2. The van der Waals surface area contributed by atoms with Crippen molar-refractivity contribution in [3.63, 3.8) is 0 Å². The first-order valence-corrected chi connectivity index (χ1v) is 7.32. The molecule has 0 amide bonds. The summed E-state index contributed by atoms with van der Waals surface area (Å²) in [5.41, 5.74) is 6.96. The van der Waals surface area contributed by atoms with Gasteiger partial charge in [0.25, 0.3) is 0 Å². The molecule has 0 heterocycles. The summed E-state index contributed by atoms with van der Waals surface area (Å²) in [4.78, 5) is -0.137. The SMILES string of the molecule is Nc1c(NCc2cccc(F)c2)cccc1S(N)(=O)=O. The summed E-state index contributed by atoms with van der Waals surface area (Å²) in [6.45, 7) is 0.316. The predicted molar refractivity (Wildman–Crippen MR) is 76.0 cm³/mol. The molecule has 5 N–H and O–H groups in total. The molecule has 5 nitrogen and oxygen atoms in total. The monoisotopic (exact) mass is 295 g/mol. The Bertz CT molecular complexity index is 732. The Hall–Kier alpha value is -2.12. The van der Waals surface area contributed by atoms with Crippen LogP contribution < -0.4 is 16.2 Å². The minimum absolute atomic E-state index is 0.0476. The van der Waals surface area contributed by atoms with E-state index >= 15 is 0 Å². The smallest absolute Gasteiger partial charge is 0.240 e. The number of hydrogen-bond donors (Lipinski definition) is 3. The predicted octanol–water partition coefficient (Wildman–Crippen LogP) is 1.67. The lowest BCUT2D eigenvalue weighted by atomic mass is 10.2. The molecule has 0 saturated heterocycles. The van der Waals surface area contributed by atoms with Crippen molar-refractivity contribution in [2.75, 3.05) is 11.1 Å². The zero-order chi connectivity index (χ0) is 14.8. The van der Waals surface area contributed by atoms with E-state index in [1.165, 1.54) is 24.3 Å². The van der Waals surface area contributed by atoms with Crippen molar-refractivity contribution in [3.05, 3.63) is 53.8 Å². The molecule has 20 heavy (non-hydrogen) atoms. The fourth-order valence-corrected chi connectivity index (χ4v) is 2.48. The Morgan fingerprint density at radius 3 is 2.50 bits per heavy atom. The van der Waals surface area contributed by atoms with Gasteiger partial charge in [-0.15, -0.1) is 0 Å². The highest BCUT2D eigenvalue weighted by molar-refractivity contribution is 7.89. The Balaban J connectivity index is 2.23. The molecule has 0 unspecified atom stereocenters. The normalized spacial score (nSPS) is 11.3. The van der Waals surface area contributed by atoms with Crippen molar-refractivity contribution in [1.82, 2.24) is 0 Å². The summed E-state index contributed by atoms with van der Waals surface area (Å²) in [6.07, 6.45) is 0. The van der Waals surface area contributed by atoms with Crippen LogP contribution in [-0.4, -0.2) is 8.42 Å². The molecule has 0 spiro atoms. The first kappa shape index (κ1) is 14.3. The summed E-state index contributed by atoms with van der Waals surface area (Å²) >= 11 is 0. The second kappa shape index (κ2) is 5.48. The van der Waals surface area contributed by atoms with Crippen molar-refractivity contribution in [2.24, 2.45) is 5.14 Å². The van der Waals surface area contributed by atoms with E-state index in [0.717, 1.165) is 0 Å². The number of hydrogen-bond acceptors (Lipinski definition) is 4. The molecule has 7 heteroatoms. The number of para-hydroxylation sites is 1. The number of rotatable bonds is 4. The lowest BCUT2D eigenvalue weighted by Crippen LogP contribution is -2.15. The molecule has 0 aliphatic carbocycles. The summed E-state index contributed by atoms with van der Waals surface area (Å²) in [5.74, 6) is -0.337. The molecule has 0 atom stereocenters. The molecule has 0 bridgehead atoms. The second-order valence-corrected chi connectivity index (χ2v) is 5.78. The Kier molecular flexibility index (Phi) is 3.91. The van der Waals surface area contributed by atoms with Crippen LogP contribution in [0.2, 0.25) is 0 Å². The zero-order valence-electron chi connectivity index (χ0n) is 10.5. The van der Waals surface area contributed by atoms with Crippen LogP contribution in [0.5, 0.6) is 0 Å². The third-order valence-electron chi connectivity index (χ3n) is 2.74. The molecule has 2 aromatic rings. The van der Waals surface area contributed by atoms with Gasteiger partial charge in [0.05, 0.1) is 11.4 Å². The molecule has 106 valence electrons. The summed E-state index contributed by atoms with van der Waals surface area (Å²) in [5, 5.41) is 8.03. The van der Waals surface area contributed by atoms with Crippen LogP contribution in [0.1, 0.15) is 5.56 Å². The van der Waals surface area contributed by atoms with Gasteiger partial charge in [0.1, 0.15) is 10.7 Å². The van der Waals surface area contributed by atoms with Gasteiger partial charge in [0.15, 0.2) is 0 Å². The standard InChI is InChI=1S/C13H14FN3O2S/c14-10-4-1-3-9(7-10)8-17-11-5-2-6-12(13(11)15)20(16,18)19/h1-7,17H,8,15H2,(H2,16,18,19). The van der Waals surface area contributed by atoms with Crippen molar-refractivity contribution in [3.8, 4) is 0 Å². The number of sulfonamides is 1. The fourth-order valence-electron chi connectivity index (χ4n) is 1.79. The van der Waals surface area contributed by atoms with Gasteiger partial charge in [-0.1, -0.05) is 18.2 Å². The maximum absolute atomic E-state index is 13.0. The highest BCUT2D eigenvalue weighted by Gasteiger charge is 2.14. The largest absolute Gasteiger partial charge is 0.396 e. The van der Waals surface area contributed by atoms with E-state index < -0.39 is 10.0 Å². The van der Waals surface area contributed by atoms with Crippen LogP contribution in [0.25, 0.3) is 0 Å². The third kappa shape index (κ3) is 3.25. The molecule has 2 rings (SSSR count). The molecule has 2 aromatic carbocycles. The van der Waals surface area contributed by atoms with Crippen LogP contribution in [0.15, 0.2) is 47.4 Å². The van der Waals surface area contributed by atoms with E-state index in [2.05, 4.69) is 5.32 Å². The number of nitrogens with two attached hydrogens (primary N) is 2. The molecule has 0 aliphatic heterocycles. The number of halogens is 1. The average Bonchev–Trinajstić information content (AvgIpc) is 2.36. The van der Waals surface area contributed by atoms with Gasteiger partial charge in [-0.2, -0.15) is 0 Å². The highest BCUT2D eigenvalue weighted by Crippen LogP contribution is 2.26. The van der Waals surface area contributed by atoms with E-state index in [9.17, 15) is 12.8 Å². The number of anilines is 2. The van der Waals surface area contributed by atoms with Crippen molar-refractivity contribution < 1.29 is 12.8 Å². The van der Waals surface area contributed by atoms with Crippen LogP contribution in [-0.2, 0) is 16.6 Å². The Labute approximate surface area is 116 Å². The topological polar surface area (TPSA) is 98.2 Å². The van der Waals surface area contributed by atoms with Gasteiger partial charge in [0.2, 0.25) is 10.0 Å².